The number of nitrogens with one attached hydrogen (secondary N) is 2. The number of benzene rings is 2. The third-order valence-electron chi connectivity index (χ3n) is 3.29. The van der Waals surface area contributed by atoms with Gasteiger partial charge in [0.25, 0.3) is 5.69 Å². The molecule has 0 saturated carbocycles. The minimum atomic E-state index is -0.423. The van der Waals surface area contributed by atoms with Crippen LogP contribution in [-0.4, -0.2) is 17.9 Å². The van der Waals surface area contributed by atoms with Gasteiger partial charge in [-0.05, 0) is 23.3 Å². The first-order valence-corrected chi connectivity index (χ1v) is 7.87. The Morgan fingerprint density at radius 1 is 1.12 bits per heavy atom. The van der Waals surface area contributed by atoms with E-state index in [4.69, 9.17) is 23.2 Å². The highest BCUT2D eigenvalue weighted by atomic mass is 127. The molecule has 25 heavy (non-hydrogen) atoms. The van der Waals surface area contributed by atoms with Crippen LogP contribution in [0.15, 0.2) is 47.5 Å². The third-order valence-corrected chi connectivity index (χ3v) is 3.88. The molecule has 2 N–H and O–H groups in total. The largest absolute Gasteiger partial charge is 0.352 e. The van der Waals surface area contributed by atoms with E-state index in [1.54, 1.807) is 31.3 Å². The molecule has 134 valence electrons. The van der Waals surface area contributed by atoms with Crippen LogP contribution in [-0.2, 0) is 13.1 Å². The van der Waals surface area contributed by atoms with E-state index >= 15 is 0 Å². The van der Waals surface area contributed by atoms with Crippen molar-refractivity contribution < 1.29 is 4.92 Å². The number of rotatable bonds is 5. The van der Waals surface area contributed by atoms with Crippen LogP contribution < -0.4 is 10.6 Å². The first-order chi connectivity index (χ1) is 11.5. The number of nitro benzene ring substituents is 1. The van der Waals surface area contributed by atoms with E-state index in [9.17, 15) is 10.1 Å². The lowest BCUT2D eigenvalue weighted by molar-refractivity contribution is -0.384. The van der Waals surface area contributed by atoms with E-state index < -0.39 is 4.92 Å². The topological polar surface area (TPSA) is 79.6 Å². The van der Waals surface area contributed by atoms with Crippen molar-refractivity contribution in [3.63, 3.8) is 0 Å². The Balaban J connectivity index is 0.00000312. The van der Waals surface area contributed by atoms with Crippen molar-refractivity contribution in [2.24, 2.45) is 4.99 Å². The van der Waals surface area contributed by atoms with Gasteiger partial charge >= 0.3 is 0 Å². The number of hydrogen-bond acceptors (Lipinski definition) is 3. The summed E-state index contributed by atoms with van der Waals surface area (Å²) in [5.41, 5.74) is 1.88. The number of non-ortho nitro benzene ring substituents is 1. The summed E-state index contributed by atoms with van der Waals surface area (Å²) in [6.07, 6.45) is 0. The molecule has 6 nitrogen and oxygen atoms in total. The highest BCUT2D eigenvalue weighted by Gasteiger charge is 2.05. The van der Waals surface area contributed by atoms with Crippen molar-refractivity contribution in [2.75, 3.05) is 7.05 Å². The molecule has 0 saturated heterocycles. The zero-order chi connectivity index (χ0) is 17.5. The minimum Gasteiger partial charge on any atom is -0.352 e. The van der Waals surface area contributed by atoms with E-state index in [-0.39, 0.29) is 29.7 Å². The van der Waals surface area contributed by atoms with Crippen molar-refractivity contribution in [1.82, 2.24) is 10.6 Å². The summed E-state index contributed by atoms with van der Waals surface area (Å²) in [6.45, 7) is 0.988. The van der Waals surface area contributed by atoms with Crippen LogP contribution in [0.1, 0.15) is 11.1 Å². The Labute approximate surface area is 172 Å². The standard InChI is InChI=1S/C16H16Cl2N4O2.HI/c1-19-16(21-10-12-4-5-13(17)8-15(12)18)20-9-11-2-6-14(7-3-11)22(23)24;/h2-8H,9-10H2,1H3,(H2,19,20,21);1H. The highest BCUT2D eigenvalue weighted by molar-refractivity contribution is 14.0. The molecule has 0 spiro atoms. The number of nitrogens with zero attached hydrogens (tertiary/aromatic N) is 2. The van der Waals surface area contributed by atoms with Gasteiger partial charge < -0.3 is 10.6 Å². The van der Waals surface area contributed by atoms with Gasteiger partial charge in [0.05, 0.1) is 4.92 Å². The van der Waals surface area contributed by atoms with E-state index in [0.717, 1.165) is 11.1 Å². The fourth-order valence-corrected chi connectivity index (χ4v) is 2.46. The molecule has 0 aliphatic carbocycles. The number of hydrogen-bond donors (Lipinski definition) is 2. The Bertz CT molecular complexity index is 754. The van der Waals surface area contributed by atoms with Gasteiger partial charge in [-0.2, -0.15) is 0 Å². The van der Waals surface area contributed by atoms with Gasteiger partial charge in [-0.3, -0.25) is 15.1 Å². The summed E-state index contributed by atoms with van der Waals surface area (Å²) in [4.78, 5) is 14.3. The summed E-state index contributed by atoms with van der Waals surface area (Å²) in [7, 11) is 1.66. The zero-order valence-corrected chi connectivity index (χ0v) is 17.2. The molecular weight excluding hydrogens is 478 g/mol. The molecule has 0 aliphatic rings. The lowest BCUT2D eigenvalue weighted by Gasteiger charge is -2.13. The van der Waals surface area contributed by atoms with Crippen molar-refractivity contribution in [1.29, 1.82) is 0 Å². The summed E-state index contributed by atoms with van der Waals surface area (Å²) >= 11 is 12.0. The van der Waals surface area contributed by atoms with Crippen LogP contribution in [0, 0.1) is 10.1 Å². The molecule has 2 aromatic carbocycles. The first kappa shape index (κ1) is 21.5. The second-order valence-corrected chi connectivity index (χ2v) is 5.78. The highest BCUT2D eigenvalue weighted by Crippen LogP contribution is 2.20. The van der Waals surface area contributed by atoms with Crippen molar-refractivity contribution in [2.45, 2.75) is 13.1 Å². The predicted molar refractivity (Wildman–Crippen MR) is 112 cm³/mol. The van der Waals surface area contributed by atoms with Crippen molar-refractivity contribution in [3.05, 3.63) is 73.8 Å². The molecule has 2 aromatic rings. The average molecular weight is 495 g/mol. The second kappa shape index (κ2) is 10.4. The number of nitro groups is 1. The first-order valence-electron chi connectivity index (χ1n) is 7.11. The average Bonchev–Trinajstić information content (AvgIpc) is 2.57. The second-order valence-electron chi connectivity index (χ2n) is 4.94. The quantitative estimate of drug-likeness (QED) is 0.212. The predicted octanol–water partition coefficient (Wildman–Crippen LogP) is 4.38. The zero-order valence-electron chi connectivity index (χ0n) is 13.3. The van der Waals surface area contributed by atoms with Crippen molar-refractivity contribution in [3.8, 4) is 0 Å². The minimum absolute atomic E-state index is 0. The molecule has 0 heterocycles. The Morgan fingerprint density at radius 3 is 2.32 bits per heavy atom. The fraction of sp³-hybridized carbons (Fsp3) is 0.188. The monoisotopic (exact) mass is 494 g/mol. The van der Waals surface area contributed by atoms with Crippen LogP contribution in [0.2, 0.25) is 10.0 Å². The van der Waals surface area contributed by atoms with E-state index in [1.807, 2.05) is 6.07 Å². The van der Waals surface area contributed by atoms with Crippen LogP contribution in [0.3, 0.4) is 0 Å². The lowest BCUT2D eigenvalue weighted by Crippen LogP contribution is -2.36. The molecule has 2 rings (SSSR count). The van der Waals surface area contributed by atoms with Crippen LogP contribution in [0.25, 0.3) is 0 Å². The molecule has 0 radical (unpaired) electrons. The molecule has 0 amide bonds. The smallest absolute Gasteiger partial charge is 0.269 e. The molecule has 0 unspecified atom stereocenters. The molecule has 0 aliphatic heterocycles. The lowest BCUT2D eigenvalue weighted by atomic mass is 10.2. The van der Waals surface area contributed by atoms with Gasteiger partial charge in [0, 0.05) is 42.3 Å². The van der Waals surface area contributed by atoms with Crippen LogP contribution >= 0.6 is 47.2 Å². The SMILES string of the molecule is CN=C(NCc1ccc([N+](=O)[O-])cc1)NCc1ccc(Cl)cc1Cl.I. The van der Waals surface area contributed by atoms with Gasteiger partial charge in [0.15, 0.2) is 5.96 Å². The van der Waals surface area contributed by atoms with Crippen LogP contribution in [0.5, 0.6) is 0 Å². The number of halogens is 3. The van der Waals surface area contributed by atoms with E-state index in [0.29, 0.717) is 29.1 Å². The maximum atomic E-state index is 10.6. The maximum absolute atomic E-state index is 10.6. The third kappa shape index (κ3) is 6.68. The summed E-state index contributed by atoms with van der Waals surface area (Å²) in [5, 5.41) is 18.1. The molecule has 9 heteroatoms. The van der Waals surface area contributed by atoms with Gasteiger partial charge in [-0.15, -0.1) is 24.0 Å². The normalized spacial score (nSPS) is 10.8. The summed E-state index contributed by atoms with van der Waals surface area (Å²) < 4.78 is 0. The Morgan fingerprint density at radius 2 is 1.76 bits per heavy atom. The molecule has 0 atom stereocenters. The van der Waals surface area contributed by atoms with Gasteiger partial charge in [0.2, 0.25) is 0 Å². The van der Waals surface area contributed by atoms with Crippen molar-refractivity contribution >= 4 is 58.8 Å². The Hall–Kier alpha value is -1.58. The fourth-order valence-electron chi connectivity index (χ4n) is 1.99. The van der Waals surface area contributed by atoms with Gasteiger partial charge in [-0.1, -0.05) is 41.4 Å². The van der Waals surface area contributed by atoms with Crippen LogP contribution in [0.4, 0.5) is 5.69 Å². The summed E-state index contributed by atoms with van der Waals surface area (Å²) in [6, 6.07) is 11.7. The molecule has 0 aromatic heterocycles. The van der Waals surface area contributed by atoms with E-state index in [1.165, 1.54) is 12.1 Å². The maximum Gasteiger partial charge on any atom is 0.269 e. The van der Waals surface area contributed by atoms with Gasteiger partial charge in [-0.25, -0.2) is 0 Å². The summed E-state index contributed by atoms with van der Waals surface area (Å²) in [5.74, 6) is 0.597. The Kier molecular flexibility index (Phi) is 8.95. The molecular formula is C16H17Cl2IN4O2. The van der Waals surface area contributed by atoms with E-state index in [2.05, 4.69) is 15.6 Å². The number of aliphatic imine (C=N–C) groups is 1. The van der Waals surface area contributed by atoms with Gasteiger partial charge in [0.1, 0.15) is 0 Å². The molecule has 0 fully saturated rings. The number of guanidine groups is 1. The molecule has 0 bridgehead atoms.